The lowest BCUT2D eigenvalue weighted by Gasteiger charge is -2.13. The van der Waals surface area contributed by atoms with Crippen LogP contribution >= 0.6 is 0 Å². The normalized spacial score (nSPS) is 10.5. The van der Waals surface area contributed by atoms with Crippen LogP contribution < -0.4 is 10.1 Å². The average Bonchev–Trinajstić information content (AvgIpc) is 2.70. The van der Waals surface area contributed by atoms with Crippen molar-refractivity contribution in [2.24, 2.45) is 0 Å². The van der Waals surface area contributed by atoms with Crippen molar-refractivity contribution in [3.63, 3.8) is 0 Å². The monoisotopic (exact) mass is 384 g/mol. The van der Waals surface area contributed by atoms with Crippen molar-refractivity contribution in [2.75, 3.05) is 26.1 Å². The summed E-state index contributed by atoms with van der Waals surface area (Å²) in [6, 6.07) is 9.28. The van der Waals surface area contributed by atoms with Crippen molar-refractivity contribution >= 4 is 28.5 Å². The molecule has 0 atom stereocenters. The summed E-state index contributed by atoms with van der Waals surface area (Å²) in [5, 5.41) is 12.8. The molecule has 0 unspecified atom stereocenters. The van der Waals surface area contributed by atoms with E-state index in [-0.39, 0.29) is 12.3 Å². The summed E-state index contributed by atoms with van der Waals surface area (Å²) in [5.41, 5.74) is 1.41. The first-order chi connectivity index (χ1) is 13.4. The van der Waals surface area contributed by atoms with Crippen LogP contribution in [0, 0.1) is 5.82 Å². The number of fused-ring (bicyclic) bond motifs is 1. The number of carbonyl (C=O) groups is 2. The number of rotatable bonds is 6. The molecule has 0 saturated carbocycles. The van der Waals surface area contributed by atoms with Crippen molar-refractivity contribution in [3.05, 3.63) is 54.0 Å². The molecule has 2 N–H and O–H groups in total. The van der Waals surface area contributed by atoms with Gasteiger partial charge in [0.05, 0.1) is 19.8 Å². The molecule has 28 heavy (non-hydrogen) atoms. The van der Waals surface area contributed by atoms with E-state index in [1.54, 1.807) is 24.3 Å². The molecule has 3 rings (SSSR count). The SMILES string of the molecule is COC(=O)c1ccc2c(NCC(=O)O)ncc(-c3ccc(OC)c(F)c3)c2c1. The Morgan fingerprint density at radius 1 is 1.14 bits per heavy atom. The van der Waals surface area contributed by atoms with Gasteiger partial charge in [0.1, 0.15) is 12.4 Å². The molecule has 0 amide bonds. The number of aliphatic carboxylic acids is 1. The maximum Gasteiger partial charge on any atom is 0.337 e. The number of halogens is 1. The molecule has 8 heteroatoms. The highest BCUT2D eigenvalue weighted by Gasteiger charge is 2.15. The fraction of sp³-hybridized carbons (Fsp3) is 0.150. The minimum Gasteiger partial charge on any atom is -0.494 e. The van der Waals surface area contributed by atoms with Gasteiger partial charge in [-0.15, -0.1) is 0 Å². The molecular weight excluding hydrogens is 367 g/mol. The number of esters is 1. The van der Waals surface area contributed by atoms with Crippen molar-refractivity contribution in [1.29, 1.82) is 0 Å². The number of nitrogens with one attached hydrogen (secondary N) is 1. The van der Waals surface area contributed by atoms with E-state index in [1.807, 2.05) is 0 Å². The summed E-state index contributed by atoms with van der Waals surface area (Å²) in [7, 11) is 2.65. The molecule has 1 heterocycles. The van der Waals surface area contributed by atoms with E-state index in [1.165, 1.54) is 32.5 Å². The van der Waals surface area contributed by atoms with Gasteiger partial charge < -0.3 is 19.9 Å². The number of carboxylic acids is 1. The number of aromatic nitrogens is 1. The molecule has 7 nitrogen and oxygen atoms in total. The number of pyridine rings is 1. The van der Waals surface area contributed by atoms with Crippen LogP contribution in [-0.2, 0) is 9.53 Å². The minimum absolute atomic E-state index is 0.107. The van der Waals surface area contributed by atoms with Gasteiger partial charge in [0.25, 0.3) is 0 Å². The van der Waals surface area contributed by atoms with E-state index in [0.29, 0.717) is 33.3 Å². The molecule has 3 aromatic rings. The summed E-state index contributed by atoms with van der Waals surface area (Å²) in [6.45, 7) is -0.322. The Bertz CT molecular complexity index is 1070. The Balaban J connectivity index is 2.21. The van der Waals surface area contributed by atoms with E-state index in [0.717, 1.165) is 0 Å². The van der Waals surface area contributed by atoms with Gasteiger partial charge in [0.2, 0.25) is 0 Å². The van der Waals surface area contributed by atoms with Crippen LogP contribution in [0.15, 0.2) is 42.6 Å². The number of hydrogen-bond donors (Lipinski definition) is 2. The molecular formula is C20H17FN2O5. The quantitative estimate of drug-likeness (QED) is 0.629. The molecule has 0 spiro atoms. The standard InChI is InChI=1S/C20H17FN2O5/c1-27-17-6-4-11(8-16(17)21)15-9-22-19(23-10-18(24)25)13-5-3-12(7-14(13)15)20(26)28-2/h3-9H,10H2,1-2H3,(H,22,23)(H,24,25). The number of anilines is 1. The molecule has 0 aliphatic heterocycles. The number of ether oxygens (including phenoxy) is 2. The molecule has 1 aromatic heterocycles. The molecule has 0 bridgehead atoms. The third-order valence-electron chi connectivity index (χ3n) is 4.18. The molecule has 0 aliphatic rings. The van der Waals surface area contributed by atoms with Crippen LogP contribution in [0.25, 0.3) is 21.9 Å². The Labute approximate surface area is 159 Å². The number of carbonyl (C=O) groups excluding carboxylic acids is 1. The van der Waals surface area contributed by atoms with E-state index >= 15 is 0 Å². The van der Waals surface area contributed by atoms with Gasteiger partial charge in [0, 0.05) is 17.1 Å². The van der Waals surface area contributed by atoms with Gasteiger partial charge in [0.15, 0.2) is 11.6 Å². The van der Waals surface area contributed by atoms with Crippen LogP contribution in [0.2, 0.25) is 0 Å². The maximum atomic E-state index is 14.2. The van der Waals surface area contributed by atoms with Gasteiger partial charge in [-0.1, -0.05) is 6.07 Å². The molecule has 2 aromatic carbocycles. The topological polar surface area (TPSA) is 97.8 Å². The summed E-state index contributed by atoms with van der Waals surface area (Å²) < 4.78 is 23.9. The molecule has 144 valence electrons. The predicted molar refractivity (Wildman–Crippen MR) is 101 cm³/mol. The highest BCUT2D eigenvalue weighted by Crippen LogP contribution is 2.34. The lowest BCUT2D eigenvalue weighted by Crippen LogP contribution is -2.13. The Kier molecular flexibility index (Phi) is 5.39. The van der Waals surface area contributed by atoms with E-state index < -0.39 is 17.8 Å². The van der Waals surface area contributed by atoms with Crippen LogP contribution in [0.5, 0.6) is 5.75 Å². The van der Waals surface area contributed by atoms with Crippen molar-refractivity contribution in [1.82, 2.24) is 4.98 Å². The van der Waals surface area contributed by atoms with Crippen LogP contribution in [0.4, 0.5) is 10.2 Å². The number of benzene rings is 2. The summed E-state index contributed by atoms with van der Waals surface area (Å²) in [5.74, 6) is -1.65. The number of carboxylic acid groups (broad SMARTS) is 1. The minimum atomic E-state index is -1.04. The van der Waals surface area contributed by atoms with Crippen LogP contribution in [-0.4, -0.2) is 42.8 Å². The second-order valence-electron chi connectivity index (χ2n) is 5.87. The van der Waals surface area contributed by atoms with E-state index in [4.69, 9.17) is 14.6 Å². The Morgan fingerprint density at radius 3 is 2.57 bits per heavy atom. The first-order valence-corrected chi connectivity index (χ1v) is 8.25. The van der Waals surface area contributed by atoms with E-state index in [9.17, 15) is 14.0 Å². The first kappa shape index (κ1) is 19.1. The smallest absolute Gasteiger partial charge is 0.337 e. The van der Waals surface area contributed by atoms with Crippen molar-refractivity contribution in [3.8, 4) is 16.9 Å². The van der Waals surface area contributed by atoms with Gasteiger partial charge in [-0.25, -0.2) is 14.2 Å². The summed E-state index contributed by atoms with van der Waals surface area (Å²) in [4.78, 5) is 27.1. The van der Waals surface area contributed by atoms with Gasteiger partial charge in [-0.3, -0.25) is 4.79 Å². The highest BCUT2D eigenvalue weighted by molar-refractivity contribution is 6.05. The van der Waals surface area contributed by atoms with Crippen LogP contribution in [0.1, 0.15) is 10.4 Å². The average molecular weight is 384 g/mol. The zero-order chi connectivity index (χ0) is 20.3. The summed E-state index contributed by atoms with van der Waals surface area (Å²) >= 11 is 0. The van der Waals surface area contributed by atoms with Gasteiger partial charge in [-0.2, -0.15) is 0 Å². The summed E-state index contributed by atoms with van der Waals surface area (Å²) in [6.07, 6.45) is 1.49. The molecule has 0 fully saturated rings. The second-order valence-corrected chi connectivity index (χ2v) is 5.87. The Hall–Kier alpha value is -3.68. The molecule has 0 saturated heterocycles. The van der Waals surface area contributed by atoms with Crippen molar-refractivity contribution < 1.29 is 28.6 Å². The second kappa shape index (κ2) is 7.91. The van der Waals surface area contributed by atoms with Gasteiger partial charge in [-0.05, 0) is 41.3 Å². The third-order valence-corrected chi connectivity index (χ3v) is 4.18. The lowest BCUT2D eigenvalue weighted by atomic mass is 9.98. The zero-order valence-electron chi connectivity index (χ0n) is 15.2. The maximum absolute atomic E-state index is 14.2. The van der Waals surface area contributed by atoms with E-state index in [2.05, 4.69) is 10.3 Å². The number of nitrogens with zero attached hydrogens (tertiary/aromatic N) is 1. The van der Waals surface area contributed by atoms with Crippen molar-refractivity contribution in [2.45, 2.75) is 0 Å². The fourth-order valence-corrected chi connectivity index (χ4v) is 2.85. The van der Waals surface area contributed by atoms with Gasteiger partial charge >= 0.3 is 11.9 Å². The number of methoxy groups -OCH3 is 2. The lowest BCUT2D eigenvalue weighted by molar-refractivity contribution is -0.134. The van der Waals surface area contributed by atoms with Crippen LogP contribution in [0.3, 0.4) is 0 Å². The largest absolute Gasteiger partial charge is 0.494 e. The Morgan fingerprint density at radius 2 is 1.93 bits per heavy atom. The zero-order valence-corrected chi connectivity index (χ0v) is 15.2. The number of hydrogen-bond acceptors (Lipinski definition) is 6. The highest BCUT2D eigenvalue weighted by atomic mass is 19.1. The first-order valence-electron chi connectivity index (χ1n) is 8.25. The predicted octanol–water partition coefficient (Wildman–Crippen LogP) is 3.33. The fourth-order valence-electron chi connectivity index (χ4n) is 2.85. The third kappa shape index (κ3) is 3.71. The molecule has 0 radical (unpaired) electrons. The molecule has 0 aliphatic carbocycles.